The molecule has 0 aliphatic rings. The van der Waals surface area contributed by atoms with Gasteiger partial charge in [0.2, 0.25) is 21.1 Å². The van der Waals surface area contributed by atoms with E-state index in [1.54, 1.807) is 6.08 Å². The maximum Gasteiger partial charge on any atom is 0.416 e. The molecule has 13 heteroatoms. The highest BCUT2D eigenvalue weighted by molar-refractivity contribution is 8.01. The quantitative estimate of drug-likeness (QED) is 0.363. The van der Waals surface area contributed by atoms with Crippen molar-refractivity contribution in [3.63, 3.8) is 0 Å². The van der Waals surface area contributed by atoms with Crippen LogP contribution in [0, 0.1) is 0 Å². The van der Waals surface area contributed by atoms with Gasteiger partial charge in [0.05, 0.1) is 17.5 Å². The summed E-state index contributed by atoms with van der Waals surface area (Å²) in [5, 5.41) is 10.3. The third kappa shape index (κ3) is 6.18. The molecule has 158 valence electrons. The number of alkyl halides is 3. The third-order valence-electron chi connectivity index (χ3n) is 3.48. The van der Waals surface area contributed by atoms with Crippen molar-refractivity contribution >= 4 is 49.8 Å². The third-order valence-corrected chi connectivity index (χ3v) is 6.69. The van der Waals surface area contributed by atoms with Gasteiger partial charge < -0.3 is 0 Å². The van der Waals surface area contributed by atoms with Crippen molar-refractivity contribution in [3.05, 3.63) is 42.5 Å². The van der Waals surface area contributed by atoms with Crippen LogP contribution in [0.3, 0.4) is 0 Å². The molecule has 0 saturated carbocycles. The molecule has 1 heterocycles. The molecular weight excluding hydrogens is 449 g/mol. The number of amides is 1. The maximum atomic E-state index is 13.0. The standard InChI is InChI=1S/C16H17F3N4O3S3/c1-4-8-27-15-22-21-14(28-15)20-13(24)10(2)23(29(3,25)26)12-7-5-6-11(9-12)16(17,18)19/h4-7,9-10H,1,8H2,2-3H3,(H,20,21,24)/t10-/m0/s1. The Labute approximate surface area is 174 Å². The molecule has 0 aliphatic heterocycles. The Morgan fingerprint density at radius 3 is 2.69 bits per heavy atom. The summed E-state index contributed by atoms with van der Waals surface area (Å²) in [4.78, 5) is 12.6. The number of benzene rings is 1. The van der Waals surface area contributed by atoms with Crippen molar-refractivity contribution in [2.45, 2.75) is 23.5 Å². The van der Waals surface area contributed by atoms with Crippen LogP contribution < -0.4 is 9.62 Å². The van der Waals surface area contributed by atoms with Crippen LogP contribution in [0.15, 0.2) is 41.3 Å². The van der Waals surface area contributed by atoms with Crippen molar-refractivity contribution in [3.8, 4) is 0 Å². The molecule has 0 saturated heterocycles. The number of nitrogens with zero attached hydrogens (tertiary/aromatic N) is 3. The van der Waals surface area contributed by atoms with Gasteiger partial charge in [0, 0.05) is 5.75 Å². The first kappa shape index (κ1) is 23.2. The Hall–Kier alpha value is -2.12. The second kappa shape index (κ2) is 9.13. The van der Waals surface area contributed by atoms with Crippen LogP contribution in [0.5, 0.6) is 0 Å². The number of rotatable bonds is 8. The largest absolute Gasteiger partial charge is 0.416 e. The van der Waals surface area contributed by atoms with Crippen LogP contribution in [0.25, 0.3) is 0 Å². The minimum atomic E-state index is -4.66. The predicted molar refractivity (Wildman–Crippen MR) is 108 cm³/mol. The van der Waals surface area contributed by atoms with Crippen LogP contribution in [-0.2, 0) is 21.0 Å². The first-order valence-corrected chi connectivity index (χ1v) is 11.6. The summed E-state index contributed by atoms with van der Waals surface area (Å²) in [5.41, 5.74) is -1.30. The molecule has 0 spiro atoms. The van der Waals surface area contributed by atoms with Crippen molar-refractivity contribution in [2.24, 2.45) is 0 Å². The van der Waals surface area contributed by atoms with Crippen LogP contribution in [0.1, 0.15) is 12.5 Å². The molecule has 1 amide bonds. The number of thioether (sulfide) groups is 1. The Bertz CT molecular complexity index is 993. The molecule has 1 N–H and O–H groups in total. The summed E-state index contributed by atoms with van der Waals surface area (Å²) < 4.78 is 64.7. The van der Waals surface area contributed by atoms with Crippen LogP contribution in [0.4, 0.5) is 24.0 Å². The van der Waals surface area contributed by atoms with Gasteiger partial charge in [-0.1, -0.05) is 35.2 Å². The Morgan fingerprint density at radius 2 is 2.10 bits per heavy atom. The van der Waals surface area contributed by atoms with E-state index in [-0.39, 0.29) is 10.8 Å². The number of sulfonamides is 1. The van der Waals surface area contributed by atoms with E-state index in [4.69, 9.17) is 0 Å². The normalized spacial score (nSPS) is 13.0. The molecule has 0 radical (unpaired) electrons. The van der Waals surface area contributed by atoms with E-state index >= 15 is 0 Å². The molecule has 29 heavy (non-hydrogen) atoms. The number of anilines is 2. The van der Waals surface area contributed by atoms with Crippen molar-refractivity contribution in [1.29, 1.82) is 0 Å². The van der Waals surface area contributed by atoms with Gasteiger partial charge >= 0.3 is 6.18 Å². The first-order chi connectivity index (χ1) is 13.4. The van der Waals surface area contributed by atoms with Gasteiger partial charge in [-0.25, -0.2) is 8.42 Å². The lowest BCUT2D eigenvalue weighted by Crippen LogP contribution is -2.45. The first-order valence-electron chi connectivity index (χ1n) is 7.98. The SMILES string of the molecule is C=CCSc1nnc(NC(=O)[C@H](C)N(c2cccc(C(F)(F)F)c2)S(C)(=O)=O)s1. The number of aromatic nitrogens is 2. The fraction of sp³-hybridized carbons (Fsp3) is 0.312. The van der Waals surface area contributed by atoms with Crippen molar-refractivity contribution in [1.82, 2.24) is 10.2 Å². The molecule has 1 aromatic carbocycles. The monoisotopic (exact) mass is 466 g/mol. The summed E-state index contributed by atoms with van der Waals surface area (Å²) in [6, 6.07) is 2.43. The fourth-order valence-corrected chi connectivity index (χ4v) is 4.97. The van der Waals surface area contributed by atoms with Gasteiger partial charge in [-0.3, -0.25) is 14.4 Å². The molecule has 2 aromatic rings. The second-order valence-corrected chi connectivity index (χ2v) is 9.85. The number of carbonyl (C=O) groups is 1. The van der Waals surface area contributed by atoms with Crippen molar-refractivity contribution in [2.75, 3.05) is 21.6 Å². The molecule has 0 fully saturated rings. The smallest absolute Gasteiger partial charge is 0.299 e. The molecule has 1 atom stereocenters. The van der Waals surface area contributed by atoms with Crippen LogP contribution >= 0.6 is 23.1 Å². The van der Waals surface area contributed by atoms with Gasteiger partial charge in [0.1, 0.15) is 6.04 Å². The Kier molecular flexibility index (Phi) is 7.30. The minimum absolute atomic E-state index is 0.144. The summed E-state index contributed by atoms with van der Waals surface area (Å²) >= 11 is 2.43. The summed E-state index contributed by atoms with van der Waals surface area (Å²) in [6.07, 6.45) is -2.17. The predicted octanol–water partition coefficient (Wildman–Crippen LogP) is 3.63. The molecular formula is C16H17F3N4O3S3. The average Bonchev–Trinajstić information content (AvgIpc) is 3.05. The number of hydrogen-bond acceptors (Lipinski definition) is 7. The summed E-state index contributed by atoms with van der Waals surface area (Å²) in [7, 11) is -4.07. The number of nitrogens with one attached hydrogen (secondary N) is 1. The molecule has 0 aliphatic carbocycles. The lowest BCUT2D eigenvalue weighted by atomic mass is 10.2. The Morgan fingerprint density at radius 1 is 1.41 bits per heavy atom. The lowest BCUT2D eigenvalue weighted by Gasteiger charge is -2.28. The van der Waals surface area contributed by atoms with E-state index in [0.717, 1.165) is 29.7 Å². The van der Waals surface area contributed by atoms with Crippen LogP contribution in [0.2, 0.25) is 0 Å². The molecule has 2 rings (SSSR count). The van der Waals surface area contributed by atoms with Crippen LogP contribution in [-0.4, -0.2) is 42.6 Å². The average molecular weight is 467 g/mol. The number of hydrogen-bond donors (Lipinski definition) is 1. The van der Waals surface area contributed by atoms with Gasteiger partial charge in [-0.15, -0.1) is 16.8 Å². The summed E-state index contributed by atoms with van der Waals surface area (Å²) in [5.74, 6) is -0.166. The second-order valence-electron chi connectivity index (χ2n) is 5.74. The summed E-state index contributed by atoms with van der Waals surface area (Å²) in [6.45, 7) is 4.85. The van der Waals surface area contributed by atoms with Crippen molar-refractivity contribution < 1.29 is 26.4 Å². The number of halogens is 3. The van der Waals surface area contributed by atoms with E-state index < -0.39 is 33.7 Å². The zero-order valence-corrected chi connectivity index (χ0v) is 17.8. The maximum absolute atomic E-state index is 13.0. The van der Waals surface area contributed by atoms with Gasteiger partial charge in [0.15, 0.2) is 4.34 Å². The highest BCUT2D eigenvalue weighted by Crippen LogP contribution is 2.33. The zero-order chi connectivity index (χ0) is 21.8. The minimum Gasteiger partial charge on any atom is -0.299 e. The Balaban J connectivity index is 2.28. The zero-order valence-electron chi connectivity index (χ0n) is 15.3. The van der Waals surface area contributed by atoms with Gasteiger partial charge in [-0.2, -0.15) is 13.2 Å². The van der Waals surface area contributed by atoms with E-state index in [1.807, 2.05) is 0 Å². The molecule has 1 aromatic heterocycles. The lowest BCUT2D eigenvalue weighted by molar-refractivity contribution is -0.137. The molecule has 0 unspecified atom stereocenters. The highest BCUT2D eigenvalue weighted by Gasteiger charge is 2.34. The van der Waals surface area contributed by atoms with Gasteiger partial charge in [-0.05, 0) is 25.1 Å². The number of carbonyl (C=O) groups excluding carboxylic acids is 1. The van der Waals surface area contributed by atoms with Gasteiger partial charge in [0.25, 0.3) is 0 Å². The molecule has 7 nitrogen and oxygen atoms in total. The highest BCUT2D eigenvalue weighted by atomic mass is 32.2. The fourth-order valence-electron chi connectivity index (χ4n) is 2.29. The molecule has 0 bridgehead atoms. The van der Waals surface area contributed by atoms with E-state index in [0.29, 0.717) is 20.5 Å². The van der Waals surface area contributed by atoms with E-state index in [9.17, 15) is 26.4 Å². The topological polar surface area (TPSA) is 92.3 Å². The van der Waals surface area contributed by atoms with E-state index in [1.165, 1.54) is 24.8 Å². The van der Waals surface area contributed by atoms with E-state index in [2.05, 4.69) is 22.1 Å².